The molecule has 0 spiro atoms. The molecule has 4 aromatic rings. The first-order valence-corrected chi connectivity index (χ1v) is 13.3. The Hall–Kier alpha value is -3.42. The molecule has 36 heavy (non-hydrogen) atoms. The van der Waals surface area contributed by atoms with E-state index < -0.39 is 0 Å². The first kappa shape index (κ1) is 23.0. The monoisotopic (exact) mass is 558 g/mol. The van der Waals surface area contributed by atoms with Crippen LogP contribution < -0.4 is 24.4 Å². The van der Waals surface area contributed by atoms with Crippen molar-refractivity contribution in [3.05, 3.63) is 119 Å². The smallest absolute Gasteiger partial charge is 0.271 e. The summed E-state index contributed by atoms with van der Waals surface area (Å²) in [6, 6.07) is 22.0. The molecule has 7 heteroatoms. The van der Waals surface area contributed by atoms with Crippen LogP contribution in [-0.2, 0) is 6.42 Å². The Balaban J connectivity index is 1.62. The first-order chi connectivity index (χ1) is 17.6. The number of methoxy groups -OCH3 is 2. The summed E-state index contributed by atoms with van der Waals surface area (Å²) in [6.07, 6.45) is 3.70. The SMILES string of the molecule is COc1ccc(C2C3=C(N=c4sc(=Cc5ccc(Br)cc5)c(=O)n42)c2ccccc2CC3)cc1OC. The second-order valence-electron chi connectivity index (χ2n) is 8.78. The molecule has 1 unspecified atom stereocenters. The molecule has 0 saturated carbocycles. The van der Waals surface area contributed by atoms with Gasteiger partial charge in [0, 0.05) is 10.0 Å². The average Bonchev–Trinajstić information content (AvgIpc) is 3.22. The van der Waals surface area contributed by atoms with Gasteiger partial charge in [-0.15, -0.1) is 0 Å². The summed E-state index contributed by atoms with van der Waals surface area (Å²) < 4.78 is 14.6. The van der Waals surface area contributed by atoms with Crippen LogP contribution in [0.1, 0.15) is 34.7 Å². The van der Waals surface area contributed by atoms with Crippen molar-refractivity contribution in [3.63, 3.8) is 0 Å². The number of thiazole rings is 1. The van der Waals surface area contributed by atoms with Gasteiger partial charge in [-0.2, -0.15) is 0 Å². The summed E-state index contributed by atoms with van der Waals surface area (Å²) in [5.41, 5.74) is 6.49. The highest BCUT2D eigenvalue weighted by Crippen LogP contribution is 2.42. The third-order valence-electron chi connectivity index (χ3n) is 6.76. The zero-order chi connectivity index (χ0) is 24.8. The largest absolute Gasteiger partial charge is 0.493 e. The lowest BCUT2D eigenvalue weighted by Gasteiger charge is -2.31. The second kappa shape index (κ2) is 9.22. The fourth-order valence-corrected chi connectivity index (χ4v) is 6.32. The summed E-state index contributed by atoms with van der Waals surface area (Å²) >= 11 is 4.91. The predicted molar refractivity (Wildman–Crippen MR) is 146 cm³/mol. The molecule has 1 aliphatic heterocycles. The van der Waals surface area contributed by atoms with Gasteiger partial charge < -0.3 is 9.47 Å². The fraction of sp³-hybridized carbons (Fsp3) is 0.172. The normalized spacial score (nSPS) is 16.6. The topological polar surface area (TPSA) is 52.8 Å². The van der Waals surface area contributed by atoms with Crippen LogP contribution in [0.3, 0.4) is 0 Å². The lowest BCUT2D eigenvalue weighted by molar-refractivity contribution is 0.354. The van der Waals surface area contributed by atoms with Gasteiger partial charge in [0.15, 0.2) is 16.3 Å². The maximum Gasteiger partial charge on any atom is 0.271 e. The minimum absolute atomic E-state index is 0.0353. The number of aryl methyl sites for hydroxylation is 1. The molecule has 0 radical (unpaired) electrons. The number of benzene rings is 3. The van der Waals surface area contributed by atoms with E-state index in [2.05, 4.69) is 40.2 Å². The van der Waals surface area contributed by atoms with Gasteiger partial charge >= 0.3 is 0 Å². The molecule has 0 amide bonds. The van der Waals surface area contributed by atoms with E-state index in [0.717, 1.165) is 45.3 Å². The number of fused-ring (bicyclic) bond motifs is 3. The molecule has 180 valence electrons. The number of rotatable bonds is 4. The number of allylic oxidation sites excluding steroid dienone is 1. The van der Waals surface area contributed by atoms with E-state index in [9.17, 15) is 4.79 Å². The Morgan fingerprint density at radius 2 is 1.78 bits per heavy atom. The van der Waals surface area contributed by atoms with Gasteiger partial charge in [-0.05, 0) is 65.4 Å². The van der Waals surface area contributed by atoms with Crippen LogP contribution >= 0.6 is 27.3 Å². The minimum Gasteiger partial charge on any atom is -0.493 e. The molecule has 3 aromatic carbocycles. The maximum absolute atomic E-state index is 13.9. The first-order valence-electron chi connectivity index (χ1n) is 11.7. The molecule has 5 nitrogen and oxygen atoms in total. The summed E-state index contributed by atoms with van der Waals surface area (Å²) in [5, 5.41) is 0. The van der Waals surface area contributed by atoms with Crippen molar-refractivity contribution in [2.45, 2.75) is 18.9 Å². The van der Waals surface area contributed by atoms with E-state index in [1.807, 2.05) is 53.1 Å². The van der Waals surface area contributed by atoms with Crippen molar-refractivity contribution in [2.24, 2.45) is 4.99 Å². The highest BCUT2D eigenvalue weighted by molar-refractivity contribution is 9.10. The Kier molecular flexibility index (Phi) is 5.90. The number of halogens is 1. The maximum atomic E-state index is 13.9. The van der Waals surface area contributed by atoms with Crippen LogP contribution in [0.15, 0.2) is 86.6 Å². The Labute approximate surface area is 220 Å². The van der Waals surface area contributed by atoms with Crippen molar-refractivity contribution < 1.29 is 9.47 Å². The molecule has 2 heterocycles. The third-order valence-corrected chi connectivity index (χ3v) is 8.28. The van der Waals surface area contributed by atoms with Gasteiger partial charge in [0.05, 0.1) is 30.5 Å². The number of nitrogens with zero attached hydrogens (tertiary/aromatic N) is 2. The minimum atomic E-state index is -0.267. The Bertz CT molecular complexity index is 1700. The molecule has 1 atom stereocenters. The highest BCUT2D eigenvalue weighted by Gasteiger charge is 2.33. The summed E-state index contributed by atoms with van der Waals surface area (Å²) in [5.74, 6) is 1.30. The lowest BCUT2D eigenvalue weighted by Crippen LogP contribution is -2.38. The van der Waals surface area contributed by atoms with Crippen molar-refractivity contribution >= 4 is 39.0 Å². The van der Waals surface area contributed by atoms with Crippen LogP contribution in [0, 0.1) is 0 Å². The van der Waals surface area contributed by atoms with E-state index in [4.69, 9.17) is 14.5 Å². The molecular formula is C29H23BrN2O3S. The Morgan fingerprint density at radius 3 is 2.56 bits per heavy atom. The van der Waals surface area contributed by atoms with Crippen molar-refractivity contribution in [3.8, 4) is 11.5 Å². The van der Waals surface area contributed by atoms with Gasteiger partial charge in [0.1, 0.15) is 0 Å². The van der Waals surface area contributed by atoms with Gasteiger partial charge in [-0.25, -0.2) is 4.99 Å². The lowest BCUT2D eigenvalue weighted by atomic mass is 9.83. The van der Waals surface area contributed by atoms with E-state index in [-0.39, 0.29) is 11.6 Å². The van der Waals surface area contributed by atoms with Crippen LogP contribution in [0.5, 0.6) is 11.5 Å². The molecule has 6 rings (SSSR count). The number of ether oxygens (including phenoxy) is 2. The summed E-state index contributed by atoms with van der Waals surface area (Å²) in [7, 11) is 3.26. The van der Waals surface area contributed by atoms with Crippen LogP contribution in [0.4, 0.5) is 0 Å². The van der Waals surface area contributed by atoms with Crippen LogP contribution in [0.2, 0.25) is 0 Å². The van der Waals surface area contributed by atoms with E-state index >= 15 is 0 Å². The predicted octanol–water partition coefficient (Wildman–Crippen LogP) is 5.10. The number of hydrogen-bond donors (Lipinski definition) is 0. The highest BCUT2D eigenvalue weighted by atomic mass is 79.9. The van der Waals surface area contributed by atoms with Crippen molar-refractivity contribution in [2.75, 3.05) is 14.2 Å². The third kappa shape index (κ3) is 3.83. The van der Waals surface area contributed by atoms with Gasteiger partial charge in [0.25, 0.3) is 5.56 Å². The van der Waals surface area contributed by atoms with Crippen molar-refractivity contribution in [1.82, 2.24) is 4.57 Å². The second-order valence-corrected chi connectivity index (χ2v) is 10.7. The summed E-state index contributed by atoms with van der Waals surface area (Å²) in [4.78, 5) is 19.6. The van der Waals surface area contributed by atoms with Crippen LogP contribution in [-0.4, -0.2) is 18.8 Å². The molecular weight excluding hydrogens is 536 g/mol. The molecule has 1 aliphatic carbocycles. The van der Waals surface area contributed by atoms with Crippen LogP contribution in [0.25, 0.3) is 11.8 Å². The summed E-state index contributed by atoms with van der Waals surface area (Å²) in [6.45, 7) is 0. The van der Waals surface area contributed by atoms with Gasteiger partial charge in [0.2, 0.25) is 0 Å². The van der Waals surface area contributed by atoms with E-state index in [0.29, 0.717) is 20.8 Å². The molecule has 2 aliphatic rings. The number of aromatic nitrogens is 1. The van der Waals surface area contributed by atoms with E-state index in [1.165, 1.54) is 16.9 Å². The standard InChI is InChI=1S/C29H23BrN2O3S/c1-34-23-14-10-19(16-24(23)35-2)27-22-13-9-18-5-3-4-6-21(18)26(22)31-29-32(27)28(33)25(36-29)15-17-7-11-20(30)12-8-17/h3-8,10-12,14-16,27H,9,13H2,1-2H3. The molecule has 0 saturated heterocycles. The fourth-order valence-electron chi connectivity index (χ4n) is 5.06. The number of hydrogen-bond acceptors (Lipinski definition) is 5. The van der Waals surface area contributed by atoms with Gasteiger partial charge in [-0.3, -0.25) is 9.36 Å². The van der Waals surface area contributed by atoms with E-state index in [1.54, 1.807) is 14.2 Å². The van der Waals surface area contributed by atoms with Crippen molar-refractivity contribution in [1.29, 1.82) is 0 Å². The average molecular weight is 559 g/mol. The Morgan fingerprint density at radius 1 is 1.00 bits per heavy atom. The quantitative estimate of drug-likeness (QED) is 0.350. The molecule has 1 aromatic heterocycles. The molecule has 0 fully saturated rings. The zero-order valence-electron chi connectivity index (χ0n) is 19.8. The molecule has 0 N–H and O–H groups in total. The molecule has 0 bridgehead atoms. The van der Waals surface area contributed by atoms with Gasteiger partial charge in [-0.1, -0.05) is 69.7 Å². The zero-order valence-corrected chi connectivity index (χ0v) is 22.2.